The van der Waals surface area contributed by atoms with E-state index in [1.165, 1.54) is 29.5 Å². The van der Waals surface area contributed by atoms with Gasteiger partial charge < -0.3 is 10.2 Å². The Labute approximate surface area is 170 Å². The highest BCUT2D eigenvalue weighted by atomic mass is 16.2. The smallest absolute Gasteiger partial charge is 0.230 e. The van der Waals surface area contributed by atoms with E-state index in [0.29, 0.717) is 23.6 Å². The van der Waals surface area contributed by atoms with Gasteiger partial charge in [0.15, 0.2) is 0 Å². The molecule has 6 nitrogen and oxygen atoms in total. The van der Waals surface area contributed by atoms with Crippen LogP contribution in [0.2, 0.25) is 0 Å². The van der Waals surface area contributed by atoms with Gasteiger partial charge in [-0.15, -0.1) is 0 Å². The van der Waals surface area contributed by atoms with Gasteiger partial charge in [0.25, 0.3) is 0 Å². The van der Waals surface area contributed by atoms with Crippen molar-refractivity contribution in [2.75, 3.05) is 7.05 Å². The predicted octanol–water partition coefficient (Wildman–Crippen LogP) is 3.73. The van der Waals surface area contributed by atoms with Crippen LogP contribution in [0.15, 0.2) is 67.3 Å². The molecule has 0 bridgehead atoms. The van der Waals surface area contributed by atoms with Crippen LogP contribution in [0.25, 0.3) is 5.65 Å². The van der Waals surface area contributed by atoms with Crippen molar-refractivity contribution in [3.63, 3.8) is 0 Å². The number of carbonyl (C=O) groups excluding carboxylic acids is 1. The van der Waals surface area contributed by atoms with E-state index >= 15 is 0 Å². The van der Waals surface area contributed by atoms with Crippen molar-refractivity contribution < 1.29 is 4.79 Å². The Balaban J connectivity index is 0.000000188. The Hall–Kier alpha value is -3.59. The summed E-state index contributed by atoms with van der Waals surface area (Å²) in [7, 11) is 1.70. The van der Waals surface area contributed by atoms with E-state index in [0.717, 1.165) is 11.5 Å². The molecule has 1 saturated carbocycles. The topological polar surface area (TPSA) is 73.4 Å². The number of carbonyl (C=O) groups is 1. The van der Waals surface area contributed by atoms with E-state index in [2.05, 4.69) is 53.3 Å². The molecule has 1 saturated heterocycles. The minimum absolute atomic E-state index is 0.0185. The first-order valence-electron chi connectivity index (χ1n) is 9.71. The fraction of sp³-hybridized carbons (Fsp3) is 0.261. The first-order chi connectivity index (χ1) is 14.1. The van der Waals surface area contributed by atoms with Crippen LogP contribution >= 0.6 is 0 Å². The SMILES string of the molecule is C=C1NC(c2ccc3ncc(C#N)n3c2)CC(=O)N1C.c1ccc(C2CC2)cc1. The summed E-state index contributed by atoms with van der Waals surface area (Å²) in [6.07, 6.45) is 6.54. The van der Waals surface area contributed by atoms with Gasteiger partial charge in [0.1, 0.15) is 23.2 Å². The Kier molecular flexibility index (Phi) is 5.05. The van der Waals surface area contributed by atoms with Crippen molar-refractivity contribution in [1.82, 2.24) is 19.6 Å². The van der Waals surface area contributed by atoms with E-state index in [9.17, 15) is 4.79 Å². The fourth-order valence-corrected chi connectivity index (χ4v) is 3.44. The van der Waals surface area contributed by atoms with Gasteiger partial charge in [-0.3, -0.25) is 9.20 Å². The minimum Gasteiger partial charge on any atom is -0.365 e. The zero-order chi connectivity index (χ0) is 20.4. The molecular weight excluding hydrogens is 362 g/mol. The van der Waals surface area contributed by atoms with Crippen molar-refractivity contribution in [2.45, 2.75) is 31.2 Å². The maximum atomic E-state index is 11.9. The van der Waals surface area contributed by atoms with Crippen LogP contribution < -0.4 is 5.32 Å². The van der Waals surface area contributed by atoms with E-state index < -0.39 is 0 Å². The Bertz CT molecular complexity index is 1070. The van der Waals surface area contributed by atoms with E-state index in [-0.39, 0.29) is 11.9 Å². The average molecular weight is 385 g/mol. The molecule has 2 fully saturated rings. The highest BCUT2D eigenvalue weighted by molar-refractivity contribution is 5.79. The van der Waals surface area contributed by atoms with Gasteiger partial charge in [0.05, 0.1) is 18.7 Å². The second-order valence-electron chi connectivity index (χ2n) is 7.43. The zero-order valence-corrected chi connectivity index (χ0v) is 16.4. The Morgan fingerprint density at radius 2 is 1.93 bits per heavy atom. The first kappa shape index (κ1) is 18.8. The summed E-state index contributed by atoms with van der Waals surface area (Å²) in [5, 5.41) is 12.2. The molecule has 1 aliphatic carbocycles. The standard InChI is InChI=1S/C14H13N5O.C9H10/c1-9-17-12(5-14(20)18(9)2)10-3-4-13-16-7-11(6-15)19(13)8-10;1-2-4-8(5-3-1)9-6-7-9/h3-4,7-8,12,17H,1,5H2,2H3;1-5,9H,6-7H2. The first-order valence-corrected chi connectivity index (χ1v) is 9.71. The minimum atomic E-state index is -0.135. The third-order valence-electron chi connectivity index (χ3n) is 5.39. The van der Waals surface area contributed by atoms with Crippen LogP contribution in [0.4, 0.5) is 0 Å². The summed E-state index contributed by atoms with van der Waals surface area (Å²) >= 11 is 0. The Morgan fingerprint density at radius 3 is 2.59 bits per heavy atom. The number of pyridine rings is 1. The molecule has 0 spiro atoms. The van der Waals surface area contributed by atoms with Crippen LogP contribution in [-0.4, -0.2) is 27.2 Å². The summed E-state index contributed by atoms with van der Waals surface area (Å²) in [6.45, 7) is 3.83. The molecular formula is C23H23N5O. The van der Waals surface area contributed by atoms with E-state index in [4.69, 9.17) is 5.26 Å². The van der Waals surface area contributed by atoms with Crippen LogP contribution in [0.1, 0.15) is 48.0 Å². The summed E-state index contributed by atoms with van der Waals surface area (Å²) in [5.41, 5.74) is 3.63. The molecule has 1 N–H and O–H groups in total. The van der Waals surface area contributed by atoms with Crippen molar-refractivity contribution in [3.8, 4) is 6.07 Å². The molecule has 3 aromatic rings. The van der Waals surface area contributed by atoms with Crippen LogP contribution in [0.5, 0.6) is 0 Å². The molecule has 6 heteroatoms. The van der Waals surface area contributed by atoms with Crippen molar-refractivity contribution >= 4 is 11.6 Å². The summed E-state index contributed by atoms with van der Waals surface area (Å²) in [6, 6.07) is 16.5. The molecule has 0 radical (unpaired) electrons. The van der Waals surface area contributed by atoms with Gasteiger partial charge in [-0.25, -0.2) is 4.98 Å². The van der Waals surface area contributed by atoms with E-state index in [1.807, 2.05) is 18.3 Å². The third kappa shape index (κ3) is 3.99. The number of hydrogen-bond donors (Lipinski definition) is 1. The molecule has 2 aromatic heterocycles. The molecule has 29 heavy (non-hydrogen) atoms. The number of rotatable bonds is 2. The molecule has 2 aliphatic rings. The van der Waals surface area contributed by atoms with Gasteiger partial charge in [0, 0.05) is 13.2 Å². The number of fused-ring (bicyclic) bond motifs is 1. The lowest BCUT2D eigenvalue weighted by Gasteiger charge is -2.32. The Morgan fingerprint density at radius 1 is 1.17 bits per heavy atom. The van der Waals surface area contributed by atoms with Gasteiger partial charge in [-0.1, -0.05) is 43.0 Å². The summed E-state index contributed by atoms with van der Waals surface area (Å²) in [4.78, 5) is 17.5. The van der Waals surface area contributed by atoms with Crippen LogP contribution in [-0.2, 0) is 4.79 Å². The molecule has 5 rings (SSSR count). The monoisotopic (exact) mass is 385 g/mol. The lowest BCUT2D eigenvalue weighted by molar-refractivity contribution is -0.130. The lowest BCUT2D eigenvalue weighted by atomic mass is 10.0. The quantitative estimate of drug-likeness (QED) is 0.729. The molecule has 1 atom stereocenters. The second kappa shape index (κ2) is 7.80. The fourth-order valence-electron chi connectivity index (χ4n) is 3.44. The third-order valence-corrected chi connectivity index (χ3v) is 5.39. The highest BCUT2D eigenvalue weighted by Gasteiger charge is 2.27. The molecule has 1 aromatic carbocycles. The van der Waals surface area contributed by atoms with Gasteiger partial charge >= 0.3 is 0 Å². The highest BCUT2D eigenvalue weighted by Crippen LogP contribution is 2.39. The predicted molar refractivity (Wildman–Crippen MR) is 111 cm³/mol. The number of aromatic nitrogens is 2. The number of benzene rings is 1. The maximum absolute atomic E-state index is 11.9. The summed E-state index contributed by atoms with van der Waals surface area (Å²) < 4.78 is 1.72. The normalized spacial score (nSPS) is 18.6. The molecule has 1 amide bonds. The molecule has 146 valence electrons. The van der Waals surface area contributed by atoms with Crippen LogP contribution in [0.3, 0.4) is 0 Å². The van der Waals surface area contributed by atoms with Crippen LogP contribution in [0, 0.1) is 11.3 Å². The maximum Gasteiger partial charge on any atom is 0.230 e. The zero-order valence-electron chi connectivity index (χ0n) is 16.4. The average Bonchev–Trinajstić information content (AvgIpc) is 3.52. The lowest BCUT2D eigenvalue weighted by Crippen LogP contribution is -2.42. The van der Waals surface area contributed by atoms with Gasteiger partial charge in [-0.05, 0) is 36.0 Å². The number of imidazole rings is 1. The number of amides is 1. The number of hydrogen-bond acceptors (Lipinski definition) is 4. The van der Waals surface area contributed by atoms with Crippen molar-refractivity contribution in [3.05, 3.63) is 84.1 Å². The largest absolute Gasteiger partial charge is 0.365 e. The number of nitriles is 1. The number of nitrogens with zero attached hydrogens (tertiary/aromatic N) is 4. The molecule has 3 heterocycles. The van der Waals surface area contributed by atoms with Gasteiger partial charge in [-0.2, -0.15) is 5.26 Å². The molecule has 1 aliphatic heterocycles. The number of nitrogens with one attached hydrogen (secondary N) is 1. The van der Waals surface area contributed by atoms with E-state index in [1.54, 1.807) is 11.4 Å². The second-order valence-corrected chi connectivity index (χ2v) is 7.43. The summed E-state index contributed by atoms with van der Waals surface area (Å²) in [5.74, 6) is 1.51. The molecule has 1 unspecified atom stereocenters. The van der Waals surface area contributed by atoms with Gasteiger partial charge in [0.2, 0.25) is 5.91 Å². The van der Waals surface area contributed by atoms with Crippen molar-refractivity contribution in [1.29, 1.82) is 5.26 Å². The van der Waals surface area contributed by atoms with Crippen molar-refractivity contribution in [2.24, 2.45) is 0 Å².